The van der Waals surface area contributed by atoms with Gasteiger partial charge in [0.2, 0.25) is 6.71 Å². The van der Waals surface area contributed by atoms with E-state index in [-0.39, 0.29) is 27.8 Å². The van der Waals surface area contributed by atoms with Crippen LogP contribution in [0.15, 0.2) is 103 Å². The fourth-order valence-corrected chi connectivity index (χ4v) is 8.82. The van der Waals surface area contributed by atoms with Crippen molar-refractivity contribution in [1.29, 1.82) is 0 Å². The summed E-state index contributed by atoms with van der Waals surface area (Å²) in [5.41, 5.74) is 23.9. The minimum atomic E-state index is -0.135. The van der Waals surface area contributed by atoms with Crippen molar-refractivity contribution in [2.24, 2.45) is 0 Å². The summed E-state index contributed by atoms with van der Waals surface area (Å²) in [6, 6.07) is 41.4. The summed E-state index contributed by atoms with van der Waals surface area (Å²) in [5, 5.41) is 0. The molecule has 2 aliphatic heterocycles. The van der Waals surface area contributed by atoms with Gasteiger partial charge in [-0.25, -0.2) is 0 Å². The summed E-state index contributed by atoms with van der Waals surface area (Å²) < 4.78 is 0. The first-order valence-corrected chi connectivity index (χ1v) is 18.5. The molecule has 0 radical (unpaired) electrons. The van der Waals surface area contributed by atoms with Crippen LogP contribution in [0.3, 0.4) is 0 Å². The molecule has 6 heteroatoms. The number of hydrogen-bond acceptors (Lipinski definition) is 4. The van der Waals surface area contributed by atoms with Gasteiger partial charge in [0.05, 0.1) is 0 Å². The van der Waals surface area contributed by atoms with Crippen molar-refractivity contribution >= 4 is 57.2 Å². The van der Waals surface area contributed by atoms with E-state index in [9.17, 15) is 0 Å². The molecule has 2 aliphatic rings. The fourth-order valence-electron chi connectivity index (χ4n) is 8.82. The molecule has 0 saturated carbocycles. The molecular formula is C48H41BN4Pt. The van der Waals surface area contributed by atoms with Gasteiger partial charge in [-0.1, -0.05) is 65.7 Å². The molecule has 4 nitrogen and oxygen atoms in total. The molecule has 4 heterocycles. The number of benzene rings is 5. The van der Waals surface area contributed by atoms with Gasteiger partial charge in [-0.05, 0) is 129 Å². The number of pyridine rings is 2. The van der Waals surface area contributed by atoms with E-state index < -0.39 is 0 Å². The number of anilines is 6. The Bertz CT molecular complexity index is 2430. The first kappa shape index (κ1) is 35.8. The van der Waals surface area contributed by atoms with Gasteiger partial charge in [0.1, 0.15) is 0 Å². The first-order chi connectivity index (χ1) is 25.6. The maximum Gasteiger partial charge on any atom is 2.00 e. The molecule has 0 aliphatic carbocycles. The standard InChI is InChI=1S/C48H41BN4.Pt/c1-28-22-34(7)45(50-26-28)36-18-20-40-38(24-36)49-39-25-37(46-35(8)23-29(2)27-51-46)19-21-41(39)53(48-32(5)14-10-15-33(48)6)43-17-11-16-42(44(43)49)52(40)47-30(3)12-9-13-31(47)4;/h9-23,26-27H,1-8H3;/q-2;+2. The second-order valence-corrected chi connectivity index (χ2v) is 15.0. The summed E-state index contributed by atoms with van der Waals surface area (Å²) >= 11 is 0. The monoisotopic (exact) mass is 879 g/mol. The van der Waals surface area contributed by atoms with Crippen molar-refractivity contribution in [1.82, 2.24) is 9.97 Å². The van der Waals surface area contributed by atoms with Gasteiger partial charge in [-0.2, -0.15) is 0 Å². The average molecular weight is 880 g/mol. The Morgan fingerprint density at radius 3 is 1.24 bits per heavy atom. The van der Waals surface area contributed by atoms with E-state index in [4.69, 9.17) is 9.97 Å². The third-order valence-corrected chi connectivity index (χ3v) is 11.1. The zero-order valence-corrected chi connectivity index (χ0v) is 34.3. The molecule has 0 fully saturated rings. The Labute approximate surface area is 334 Å². The van der Waals surface area contributed by atoms with Crippen LogP contribution >= 0.6 is 0 Å². The van der Waals surface area contributed by atoms with E-state index >= 15 is 0 Å². The van der Waals surface area contributed by atoms with Gasteiger partial charge in [0.25, 0.3) is 0 Å². The third-order valence-electron chi connectivity index (χ3n) is 11.1. The predicted molar refractivity (Wildman–Crippen MR) is 222 cm³/mol. The molecule has 54 heavy (non-hydrogen) atoms. The van der Waals surface area contributed by atoms with Gasteiger partial charge in [0.15, 0.2) is 0 Å². The second kappa shape index (κ2) is 13.6. The number of nitrogens with zero attached hydrogens (tertiary/aromatic N) is 4. The van der Waals surface area contributed by atoms with Gasteiger partial charge >= 0.3 is 21.1 Å². The quantitative estimate of drug-likeness (QED) is 0.130. The van der Waals surface area contributed by atoms with Crippen molar-refractivity contribution in [3.8, 4) is 22.5 Å². The molecule has 0 saturated heterocycles. The number of hydrogen-bond donors (Lipinski definition) is 0. The Kier molecular flexibility index (Phi) is 8.98. The molecule has 266 valence electrons. The van der Waals surface area contributed by atoms with E-state index in [1.165, 1.54) is 50.5 Å². The van der Waals surface area contributed by atoms with Crippen LogP contribution in [0.4, 0.5) is 34.1 Å². The van der Waals surface area contributed by atoms with E-state index in [0.29, 0.717) is 0 Å². The minimum Gasteiger partial charge on any atom is -0.352 e. The second-order valence-electron chi connectivity index (χ2n) is 15.0. The van der Waals surface area contributed by atoms with Crippen LogP contribution in [0.1, 0.15) is 44.5 Å². The maximum atomic E-state index is 4.95. The van der Waals surface area contributed by atoms with Crippen LogP contribution in [0.2, 0.25) is 0 Å². The molecule has 0 atom stereocenters. The summed E-state index contributed by atoms with van der Waals surface area (Å²) in [6.45, 7) is 17.2. The smallest absolute Gasteiger partial charge is 0.352 e. The van der Waals surface area contributed by atoms with Gasteiger partial charge in [-0.3, -0.25) is 0 Å². The van der Waals surface area contributed by atoms with Crippen molar-refractivity contribution in [3.05, 3.63) is 160 Å². The Balaban J connectivity index is 0.00000413. The molecule has 5 aromatic carbocycles. The summed E-state index contributed by atoms with van der Waals surface area (Å²) in [5.74, 6) is 0. The van der Waals surface area contributed by atoms with Gasteiger partial charge < -0.3 is 19.8 Å². The summed E-state index contributed by atoms with van der Waals surface area (Å²) in [6.07, 6.45) is 3.92. The summed E-state index contributed by atoms with van der Waals surface area (Å²) in [4.78, 5) is 14.9. The largest absolute Gasteiger partial charge is 2.00 e. The molecule has 9 rings (SSSR count). The van der Waals surface area contributed by atoms with Crippen LogP contribution < -0.4 is 26.2 Å². The molecule has 0 amide bonds. The van der Waals surface area contributed by atoms with Crippen molar-refractivity contribution in [2.75, 3.05) is 9.80 Å². The van der Waals surface area contributed by atoms with Crippen molar-refractivity contribution in [3.63, 3.8) is 0 Å². The number of aryl methyl sites for hydroxylation is 8. The average Bonchev–Trinajstić information content (AvgIpc) is 3.12. The van der Waals surface area contributed by atoms with Gasteiger partial charge in [-0.15, -0.1) is 58.5 Å². The predicted octanol–water partition coefficient (Wildman–Crippen LogP) is 9.96. The fraction of sp³-hybridized carbons (Fsp3) is 0.167. The Morgan fingerprint density at radius 1 is 0.463 bits per heavy atom. The number of para-hydroxylation sites is 2. The zero-order valence-electron chi connectivity index (χ0n) is 32.0. The van der Waals surface area contributed by atoms with Crippen LogP contribution in [0.25, 0.3) is 22.5 Å². The Hall–Kier alpha value is -5.25. The van der Waals surface area contributed by atoms with Crippen molar-refractivity contribution < 1.29 is 21.1 Å². The minimum absolute atomic E-state index is 0. The third kappa shape index (κ3) is 5.55. The molecule has 0 bridgehead atoms. The zero-order chi connectivity index (χ0) is 36.7. The topological polar surface area (TPSA) is 32.3 Å². The van der Waals surface area contributed by atoms with Crippen LogP contribution in [0, 0.1) is 67.5 Å². The van der Waals surface area contributed by atoms with Gasteiger partial charge in [0, 0.05) is 35.1 Å². The molecule has 7 aromatic rings. The molecule has 0 spiro atoms. The van der Waals surface area contributed by atoms with E-state index in [0.717, 1.165) is 67.1 Å². The Morgan fingerprint density at radius 2 is 0.852 bits per heavy atom. The SMILES string of the molecule is Cc1cnc(-c2[c-]c3c(cc2)N(c2c(C)cccc2C)c2cccc4c2B3c2[c-]c(-c3ncc(C)cc3C)ccc2N4c2c(C)cccc2C)c(C)c1.[Pt+2]. The van der Waals surface area contributed by atoms with E-state index in [1.54, 1.807) is 0 Å². The van der Waals surface area contributed by atoms with E-state index in [1.807, 2.05) is 12.4 Å². The maximum absolute atomic E-state index is 4.95. The van der Waals surface area contributed by atoms with E-state index in [2.05, 4.69) is 168 Å². The number of fused-ring (bicyclic) bond motifs is 4. The molecular weight excluding hydrogens is 838 g/mol. The normalized spacial score (nSPS) is 12.6. The van der Waals surface area contributed by atoms with Crippen LogP contribution in [-0.2, 0) is 21.1 Å². The number of rotatable bonds is 4. The molecule has 0 N–H and O–H groups in total. The first-order valence-electron chi connectivity index (χ1n) is 18.5. The van der Waals surface area contributed by atoms with Crippen LogP contribution in [-0.4, -0.2) is 16.7 Å². The summed E-state index contributed by atoms with van der Waals surface area (Å²) in [7, 11) is 0. The molecule has 2 aromatic heterocycles. The van der Waals surface area contributed by atoms with Crippen LogP contribution in [0.5, 0.6) is 0 Å². The molecule has 0 unspecified atom stereocenters. The number of aromatic nitrogens is 2. The van der Waals surface area contributed by atoms with Crippen molar-refractivity contribution in [2.45, 2.75) is 55.4 Å².